The van der Waals surface area contributed by atoms with Crippen LogP contribution >= 0.6 is 0 Å². The van der Waals surface area contributed by atoms with E-state index in [1.54, 1.807) is 10.9 Å². The molecule has 3 aromatic rings. The summed E-state index contributed by atoms with van der Waals surface area (Å²) in [6.45, 7) is 7.80. The minimum Gasteiger partial charge on any atom is -0.463 e. The Bertz CT molecular complexity index is 1040. The molecule has 5 nitrogen and oxygen atoms in total. The molecule has 150 valence electrons. The molecule has 1 aromatic carbocycles. The van der Waals surface area contributed by atoms with E-state index in [-0.39, 0.29) is 16.7 Å². The maximum absolute atomic E-state index is 13.8. The van der Waals surface area contributed by atoms with Gasteiger partial charge in [-0.15, -0.1) is 0 Å². The lowest BCUT2D eigenvalue weighted by Crippen LogP contribution is -2.38. The minimum absolute atomic E-state index is 0.0607. The Morgan fingerprint density at radius 1 is 1.10 bits per heavy atom. The summed E-state index contributed by atoms with van der Waals surface area (Å²) in [4.78, 5) is 15.8. The monoisotopic (exact) mass is 389 g/mol. The summed E-state index contributed by atoms with van der Waals surface area (Å²) in [5, 5.41) is 4.72. The maximum Gasteiger partial charge on any atom is 0.272 e. The van der Waals surface area contributed by atoms with Crippen molar-refractivity contribution in [3.05, 3.63) is 60.5 Å². The van der Waals surface area contributed by atoms with Crippen LogP contribution in [-0.4, -0.2) is 33.2 Å². The van der Waals surface area contributed by atoms with E-state index < -0.39 is 0 Å². The second-order valence-corrected chi connectivity index (χ2v) is 9.79. The number of carbonyl (C=O) groups excluding carboxylic acids is 1. The molecule has 2 fully saturated rings. The van der Waals surface area contributed by atoms with E-state index >= 15 is 0 Å². The smallest absolute Gasteiger partial charge is 0.272 e. The number of carbonyl (C=O) groups is 1. The van der Waals surface area contributed by atoms with Crippen LogP contribution in [0, 0.1) is 10.8 Å². The summed E-state index contributed by atoms with van der Waals surface area (Å²) in [6.07, 6.45) is 4.94. The molecule has 2 unspecified atom stereocenters. The number of benzene rings is 1. The van der Waals surface area contributed by atoms with Crippen molar-refractivity contribution in [1.82, 2.24) is 14.7 Å². The maximum atomic E-state index is 13.8. The van der Waals surface area contributed by atoms with Gasteiger partial charge in [0.25, 0.3) is 5.91 Å². The second-order valence-electron chi connectivity index (χ2n) is 9.79. The Kier molecular flexibility index (Phi) is 3.99. The van der Waals surface area contributed by atoms with Gasteiger partial charge in [-0.2, -0.15) is 5.10 Å². The van der Waals surface area contributed by atoms with Gasteiger partial charge in [-0.25, -0.2) is 4.68 Å². The SMILES string of the molecule is CC1(C)CC2CC(C)(CN2C(=O)c2cc(-c3ccco3)nn2-c2ccccc2)C1. The highest BCUT2D eigenvalue weighted by atomic mass is 16.3. The molecule has 5 heteroatoms. The summed E-state index contributed by atoms with van der Waals surface area (Å²) in [6, 6.07) is 15.7. The molecule has 2 bridgehead atoms. The van der Waals surface area contributed by atoms with E-state index in [1.807, 2.05) is 48.5 Å². The molecule has 1 amide bonds. The summed E-state index contributed by atoms with van der Waals surface area (Å²) in [5.74, 6) is 0.729. The molecule has 29 heavy (non-hydrogen) atoms. The van der Waals surface area contributed by atoms with Crippen LogP contribution in [0.4, 0.5) is 0 Å². The first-order chi connectivity index (χ1) is 13.8. The Hall–Kier alpha value is -2.82. The predicted octanol–water partition coefficient (Wildman–Crippen LogP) is 5.17. The number of fused-ring (bicyclic) bond motifs is 2. The number of amides is 1. The van der Waals surface area contributed by atoms with Gasteiger partial charge in [-0.05, 0) is 54.4 Å². The average Bonchev–Trinajstić information content (AvgIpc) is 3.38. The number of nitrogens with zero attached hydrogens (tertiary/aromatic N) is 3. The third-order valence-corrected chi connectivity index (χ3v) is 6.38. The highest BCUT2D eigenvalue weighted by Crippen LogP contribution is 2.52. The van der Waals surface area contributed by atoms with Crippen LogP contribution in [0.2, 0.25) is 0 Å². The highest BCUT2D eigenvalue weighted by molar-refractivity contribution is 5.94. The first kappa shape index (κ1) is 18.2. The summed E-state index contributed by atoms with van der Waals surface area (Å²) >= 11 is 0. The lowest BCUT2D eigenvalue weighted by molar-refractivity contribution is 0.0699. The van der Waals surface area contributed by atoms with Crippen LogP contribution in [0.15, 0.2) is 59.2 Å². The van der Waals surface area contributed by atoms with E-state index in [4.69, 9.17) is 9.52 Å². The normalized spacial score (nSPS) is 25.3. The third kappa shape index (κ3) is 3.18. The van der Waals surface area contributed by atoms with Gasteiger partial charge in [0.1, 0.15) is 11.4 Å². The lowest BCUT2D eigenvalue weighted by atomic mass is 9.65. The fraction of sp³-hybridized carbons (Fsp3) is 0.417. The molecule has 5 rings (SSSR count). The number of para-hydroxylation sites is 1. The number of rotatable bonds is 3. The van der Waals surface area contributed by atoms with Crippen molar-refractivity contribution >= 4 is 5.91 Å². The van der Waals surface area contributed by atoms with Crippen LogP contribution < -0.4 is 0 Å². The lowest BCUT2D eigenvalue weighted by Gasteiger charge is -2.39. The van der Waals surface area contributed by atoms with Gasteiger partial charge < -0.3 is 9.32 Å². The highest BCUT2D eigenvalue weighted by Gasteiger charge is 2.51. The van der Waals surface area contributed by atoms with E-state index in [1.165, 1.54) is 0 Å². The van der Waals surface area contributed by atoms with Crippen molar-refractivity contribution in [2.75, 3.05) is 6.54 Å². The van der Waals surface area contributed by atoms with E-state index in [2.05, 4.69) is 25.7 Å². The number of furan rings is 1. The summed E-state index contributed by atoms with van der Waals surface area (Å²) in [7, 11) is 0. The minimum atomic E-state index is 0.0607. The Balaban J connectivity index is 1.56. The molecule has 0 spiro atoms. The number of hydrogen-bond acceptors (Lipinski definition) is 3. The third-order valence-electron chi connectivity index (χ3n) is 6.38. The quantitative estimate of drug-likeness (QED) is 0.621. The van der Waals surface area contributed by atoms with Crippen molar-refractivity contribution < 1.29 is 9.21 Å². The van der Waals surface area contributed by atoms with Gasteiger partial charge in [0.2, 0.25) is 0 Å². The Morgan fingerprint density at radius 2 is 1.90 bits per heavy atom. The van der Waals surface area contributed by atoms with E-state index in [9.17, 15) is 4.79 Å². The van der Waals surface area contributed by atoms with Crippen molar-refractivity contribution in [3.63, 3.8) is 0 Å². The zero-order valence-electron chi connectivity index (χ0n) is 17.3. The molecule has 2 aliphatic rings. The second kappa shape index (κ2) is 6.34. The molecule has 3 heterocycles. The molecule has 1 saturated carbocycles. The largest absolute Gasteiger partial charge is 0.463 e. The molecular formula is C24H27N3O2. The van der Waals surface area contributed by atoms with Gasteiger partial charge in [0.05, 0.1) is 12.0 Å². The molecule has 2 aromatic heterocycles. The van der Waals surface area contributed by atoms with E-state index in [0.29, 0.717) is 23.2 Å². The molecule has 2 atom stereocenters. The van der Waals surface area contributed by atoms with Crippen molar-refractivity contribution in [1.29, 1.82) is 0 Å². The number of hydrogen-bond donors (Lipinski definition) is 0. The number of aromatic nitrogens is 2. The van der Waals surface area contributed by atoms with Crippen LogP contribution in [0.3, 0.4) is 0 Å². The first-order valence-corrected chi connectivity index (χ1v) is 10.3. The van der Waals surface area contributed by atoms with Crippen LogP contribution in [-0.2, 0) is 0 Å². The molecule has 1 saturated heterocycles. The Morgan fingerprint density at radius 3 is 2.62 bits per heavy atom. The van der Waals surface area contributed by atoms with Crippen LogP contribution in [0.1, 0.15) is 50.5 Å². The first-order valence-electron chi connectivity index (χ1n) is 10.3. The standard InChI is InChI=1S/C24H27N3O2/c1-23(2)13-18-14-24(3,15-23)16-26(18)22(28)20-12-19(21-10-7-11-29-21)25-27(20)17-8-5-4-6-9-17/h4-12,18H,13-16H2,1-3H3. The molecule has 1 aliphatic heterocycles. The fourth-order valence-corrected chi connectivity index (χ4v) is 5.69. The van der Waals surface area contributed by atoms with Gasteiger partial charge in [0, 0.05) is 18.7 Å². The van der Waals surface area contributed by atoms with Crippen molar-refractivity contribution in [3.8, 4) is 17.1 Å². The van der Waals surface area contributed by atoms with Gasteiger partial charge >= 0.3 is 0 Å². The predicted molar refractivity (Wildman–Crippen MR) is 112 cm³/mol. The zero-order valence-corrected chi connectivity index (χ0v) is 17.3. The Labute approximate surface area is 171 Å². The van der Waals surface area contributed by atoms with Crippen LogP contribution in [0.5, 0.6) is 0 Å². The van der Waals surface area contributed by atoms with Gasteiger partial charge in [0.15, 0.2) is 5.76 Å². The number of likely N-dealkylation sites (tertiary alicyclic amines) is 1. The van der Waals surface area contributed by atoms with E-state index in [0.717, 1.165) is 31.5 Å². The van der Waals surface area contributed by atoms with Crippen LogP contribution in [0.25, 0.3) is 17.1 Å². The summed E-state index contributed by atoms with van der Waals surface area (Å²) < 4.78 is 7.30. The molecule has 0 N–H and O–H groups in total. The molecule has 1 aliphatic carbocycles. The van der Waals surface area contributed by atoms with Gasteiger partial charge in [-0.3, -0.25) is 4.79 Å². The fourth-order valence-electron chi connectivity index (χ4n) is 5.69. The molecular weight excluding hydrogens is 362 g/mol. The molecule has 0 radical (unpaired) electrons. The topological polar surface area (TPSA) is 51.3 Å². The van der Waals surface area contributed by atoms with Gasteiger partial charge in [-0.1, -0.05) is 39.0 Å². The zero-order chi connectivity index (χ0) is 20.2. The summed E-state index contributed by atoms with van der Waals surface area (Å²) in [5.41, 5.74) is 2.62. The average molecular weight is 389 g/mol. The van der Waals surface area contributed by atoms with Crippen molar-refractivity contribution in [2.45, 2.75) is 46.1 Å². The van der Waals surface area contributed by atoms with Crippen molar-refractivity contribution in [2.24, 2.45) is 10.8 Å².